The molecule has 96 valence electrons. The largest absolute Gasteiger partial charge is 0.354 e. The van der Waals surface area contributed by atoms with Crippen molar-refractivity contribution in [2.45, 2.75) is 46.0 Å². The number of amides is 1. The number of halogens is 1. The summed E-state index contributed by atoms with van der Waals surface area (Å²) in [4.78, 5) is 12.1. The highest BCUT2D eigenvalue weighted by Gasteiger charge is 2.40. The molecule has 0 saturated heterocycles. The van der Waals surface area contributed by atoms with Crippen LogP contribution in [0.1, 0.15) is 46.0 Å². The van der Waals surface area contributed by atoms with Gasteiger partial charge >= 0.3 is 0 Å². The van der Waals surface area contributed by atoms with Crippen LogP contribution in [-0.4, -0.2) is 19.0 Å². The van der Waals surface area contributed by atoms with Crippen LogP contribution in [0.4, 0.5) is 0 Å². The maximum atomic E-state index is 12.1. The molecule has 1 amide bonds. The molecule has 0 bridgehead atoms. The van der Waals surface area contributed by atoms with E-state index in [1.165, 1.54) is 12.8 Å². The number of carbonyl (C=O) groups is 1. The number of hydrogen-bond acceptors (Lipinski definition) is 2. The monoisotopic (exact) mass is 248 g/mol. The van der Waals surface area contributed by atoms with Crippen LogP contribution >= 0.6 is 12.4 Å². The lowest BCUT2D eigenvalue weighted by Crippen LogP contribution is -2.42. The Morgan fingerprint density at radius 2 is 1.94 bits per heavy atom. The van der Waals surface area contributed by atoms with Gasteiger partial charge in [0.15, 0.2) is 0 Å². The van der Waals surface area contributed by atoms with E-state index < -0.39 is 0 Å². The Morgan fingerprint density at radius 3 is 2.38 bits per heavy atom. The molecule has 0 aromatic rings. The molecule has 3 nitrogen and oxygen atoms in total. The molecule has 0 unspecified atom stereocenters. The molecule has 0 aliphatic heterocycles. The van der Waals surface area contributed by atoms with Gasteiger partial charge < -0.3 is 11.1 Å². The number of hydrogen-bond donors (Lipinski definition) is 2. The second-order valence-electron chi connectivity index (χ2n) is 5.13. The Kier molecular flexibility index (Phi) is 7.00. The fourth-order valence-electron chi connectivity index (χ4n) is 2.73. The van der Waals surface area contributed by atoms with Crippen molar-refractivity contribution in [2.24, 2.45) is 17.1 Å². The molecule has 3 N–H and O–H groups in total. The summed E-state index contributed by atoms with van der Waals surface area (Å²) in [6, 6.07) is 0. The molecule has 1 aliphatic carbocycles. The van der Waals surface area contributed by atoms with Gasteiger partial charge in [-0.2, -0.15) is 0 Å². The van der Waals surface area contributed by atoms with Crippen LogP contribution in [0.25, 0.3) is 0 Å². The second-order valence-corrected chi connectivity index (χ2v) is 5.13. The van der Waals surface area contributed by atoms with E-state index >= 15 is 0 Å². The van der Waals surface area contributed by atoms with Crippen LogP contribution in [-0.2, 0) is 4.79 Å². The van der Waals surface area contributed by atoms with Crippen molar-refractivity contribution in [2.75, 3.05) is 13.1 Å². The highest BCUT2D eigenvalue weighted by Crippen LogP contribution is 2.43. The summed E-state index contributed by atoms with van der Waals surface area (Å²) in [6.45, 7) is 5.52. The van der Waals surface area contributed by atoms with Gasteiger partial charge in [0.25, 0.3) is 0 Å². The molecule has 1 fully saturated rings. The Labute approximate surface area is 105 Å². The van der Waals surface area contributed by atoms with E-state index in [-0.39, 0.29) is 23.7 Å². The van der Waals surface area contributed by atoms with E-state index in [0.29, 0.717) is 19.0 Å². The van der Waals surface area contributed by atoms with Gasteiger partial charge in [-0.05, 0) is 25.2 Å². The van der Waals surface area contributed by atoms with Gasteiger partial charge in [0.05, 0.1) is 0 Å². The van der Waals surface area contributed by atoms with Crippen LogP contribution in [0.5, 0.6) is 0 Å². The second kappa shape index (κ2) is 7.13. The molecule has 0 aromatic carbocycles. The van der Waals surface area contributed by atoms with Crippen LogP contribution in [0.15, 0.2) is 0 Å². The third kappa shape index (κ3) is 3.95. The summed E-state index contributed by atoms with van der Waals surface area (Å²) >= 11 is 0. The number of nitrogens with two attached hydrogens (primary N) is 1. The van der Waals surface area contributed by atoms with E-state index in [4.69, 9.17) is 5.73 Å². The molecule has 1 rings (SSSR count). The molecule has 0 radical (unpaired) electrons. The normalized spacial score (nSPS) is 18.2. The first-order valence-electron chi connectivity index (χ1n) is 6.09. The third-order valence-electron chi connectivity index (χ3n) is 3.27. The average molecular weight is 249 g/mol. The first kappa shape index (κ1) is 15.7. The number of carbonyl (C=O) groups excluding carboxylic acids is 1. The van der Waals surface area contributed by atoms with Crippen molar-refractivity contribution in [3.63, 3.8) is 0 Å². The standard InChI is InChI=1S/C12H24N2O.ClH/c1-10(2)9-12(5-3-4-6-12)11(15)14-8-7-13;/h10H,3-9,13H2,1-2H3,(H,14,15);1H. The summed E-state index contributed by atoms with van der Waals surface area (Å²) in [7, 11) is 0. The maximum absolute atomic E-state index is 12.1. The van der Waals surface area contributed by atoms with Gasteiger partial charge in [0.1, 0.15) is 0 Å². The van der Waals surface area contributed by atoms with Gasteiger partial charge in [-0.1, -0.05) is 26.7 Å². The average Bonchev–Trinajstić information content (AvgIpc) is 2.62. The van der Waals surface area contributed by atoms with Gasteiger partial charge in [-0.25, -0.2) is 0 Å². The van der Waals surface area contributed by atoms with E-state index in [9.17, 15) is 4.79 Å². The first-order chi connectivity index (χ1) is 7.10. The molecule has 0 aromatic heterocycles. The summed E-state index contributed by atoms with van der Waals surface area (Å²) < 4.78 is 0. The zero-order valence-corrected chi connectivity index (χ0v) is 11.2. The lowest BCUT2D eigenvalue weighted by molar-refractivity contribution is -0.131. The van der Waals surface area contributed by atoms with Crippen molar-refractivity contribution in [1.82, 2.24) is 5.32 Å². The van der Waals surface area contributed by atoms with Crippen LogP contribution in [0.2, 0.25) is 0 Å². The Hall–Kier alpha value is -0.280. The predicted octanol–water partition coefficient (Wildman–Crippen LogP) is 2.09. The minimum absolute atomic E-state index is 0. The van der Waals surface area contributed by atoms with E-state index in [0.717, 1.165) is 19.3 Å². The molecule has 0 heterocycles. The molecule has 1 saturated carbocycles. The Morgan fingerprint density at radius 1 is 1.38 bits per heavy atom. The molecule has 16 heavy (non-hydrogen) atoms. The molecular weight excluding hydrogens is 224 g/mol. The van der Waals surface area contributed by atoms with Crippen LogP contribution in [0.3, 0.4) is 0 Å². The highest BCUT2D eigenvalue weighted by atomic mass is 35.5. The van der Waals surface area contributed by atoms with Gasteiger partial charge in [0, 0.05) is 18.5 Å². The minimum atomic E-state index is -0.0800. The summed E-state index contributed by atoms with van der Waals surface area (Å²) in [5.41, 5.74) is 5.33. The number of nitrogens with one attached hydrogen (secondary N) is 1. The third-order valence-corrected chi connectivity index (χ3v) is 3.27. The van der Waals surface area contributed by atoms with Crippen molar-refractivity contribution >= 4 is 18.3 Å². The van der Waals surface area contributed by atoms with Crippen molar-refractivity contribution < 1.29 is 4.79 Å². The number of rotatable bonds is 5. The quantitative estimate of drug-likeness (QED) is 0.783. The van der Waals surface area contributed by atoms with Gasteiger partial charge in [-0.15, -0.1) is 12.4 Å². The maximum Gasteiger partial charge on any atom is 0.226 e. The van der Waals surface area contributed by atoms with Gasteiger partial charge in [0.2, 0.25) is 5.91 Å². The van der Waals surface area contributed by atoms with Crippen molar-refractivity contribution in [3.8, 4) is 0 Å². The topological polar surface area (TPSA) is 55.1 Å². The molecule has 1 aliphatic rings. The lowest BCUT2D eigenvalue weighted by atomic mass is 9.77. The molecule has 4 heteroatoms. The SMILES string of the molecule is CC(C)CC1(C(=O)NCCN)CCCC1.Cl. The fourth-order valence-corrected chi connectivity index (χ4v) is 2.73. The van der Waals surface area contributed by atoms with E-state index in [1.54, 1.807) is 0 Å². The minimum Gasteiger partial charge on any atom is -0.354 e. The molecule has 0 spiro atoms. The van der Waals surface area contributed by atoms with Crippen molar-refractivity contribution in [3.05, 3.63) is 0 Å². The Balaban J connectivity index is 0.00000225. The van der Waals surface area contributed by atoms with Crippen LogP contribution in [0, 0.1) is 11.3 Å². The first-order valence-corrected chi connectivity index (χ1v) is 6.09. The smallest absolute Gasteiger partial charge is 0.226 e. The summed E-state index contributed by atoms with van der Waals surface area (Å²) in [6.07, 6.45) is 5.53. The predicted molar refractivity (Wildman–Crippen MR) is 69.7 cm³/mol. The van der Waals surface area contributed by atoms with Gasteiger partial charge in [-0.3, -0.25) is 4.79 Å². The van der Waals surface area contributed by atoms with E-state index in [2.05, 4.69) is 19.2 Å². The van der Waals surface area contributed by atoms with Crippen molar-refractivity contribution in [1.29, 1.82) is 0 Å². The Bertz CT molecular complexity index is 213. The highest BCUT2D eigenvalue weighted by molar-refractivity contribution is 5.85. The molecule has 0 atom stereocenters. The summed E-state index contributed by atoms with van der Waals surface area (Å²) in [5.74, 6) is 0.825. The lowest BCUT2D eigenvalue weighted by Gasteiger charge is -2.29. The fraction of sp³-hybridized carbons (Fsp3) is 0.917. The summed E-state index contributed by atoms with van der Waals surface area (Å²) in [5, 5.41) is 2.96. The van der Waals surface area contributed by atoms with Crippen LogP contribution < -0.4 is 11.1 Å². The van der Waals surface area contributed by atoms with E-state index in [1.807, 2.05) is 0 Å². The zero-order valence-electron chi connectivity index (χ0n) is 10.4. The molecular formula is C12H25ClN2O. The zero-order chi connectivity index (χ0) is 11.3.